The number of anilines is 1. The molecule has 1 atom stereocenters. The van der Waals surface area contributed by atoms with E-state index in [-0.39, 0.29) is 23.3 Å². The average Bonchev–Trinajstić information content (AvgIpc) is 2.96. The summed E-state index contributed by atoms with van der Waals surface area (Å²) in [6.45, 7) is 9.73. The smallest absolute Gasteiger partial charge is 0.264 e. The highest BCUT2D eigenvalue weighted by atomic mass is 35.5. The van der Waals surface area contributed by atoms with Crippen LogP contribution >= 0.6 is 23.2 Å². The van der Waals surface area contributed by atoms with Crippen molar-refractivity contribution in [3.63, 3.8) is 0 Å². The van der Waals surface area contributed by atoms with E-state index in [1.165, 1.54) is 17.0 Å². The van der Waals surface area contributed by atoms with Crippen molar-refractivity contribution in [3.8, 4) is 0 Å². The maximum atomic E-state index is 14.1. The zero-order valence-electron chi connectivity index (χ0n) is 24.7. The predicted octanol–water partition coefficient (Wildman–Crippen LogP) is 6.95. The molecule has 7 nitrogen and oxygen atoms in total. The van der Waals surface area contributed by atoms with Gasteiger partial charge < -0.3 is 10.2 Å². The molecule has 0 saturated carbocycles. The van der Waals surface area contributed by atoms with Crippen LogP contribution < -0.4 is 9.62 Å². The first-order valence-electron chi connectivity index (χ1n) is 14.1. The Balaban J connectivity index is 2.08. The second-order valence-electron chi connectivity index (χ2n) is 10.6. The number of sulfonamides is 1. The Kier molecular flexibility index (Phi) is 11.9. The molecule has 2 amide bonds. The highest BCUT2D eigenvalue weighted by Crippen LogP contribution is 2.28. The maximum absolute atomic E-state index is 14.1. The molecule has 0 saturated heterocycles. The second kappa shape index (κ2) is 14.9. The van der Waals surface area contributed by atoms with Gasteiger partial charge in [-0.1, -0.05) is 86.8 Å². The van der Waals surface area contributed by atoms with Crippen LogP contribution in [0.2, 0.25) is 10.0 Å². The van der Waals surface area contributed by atoms with Crippen molar-refractivity contribution in [1.82, 2.24) is 10.2 Å². The summed E-state index contributed by atoms with van der Waals surface area (Å²) in [6.07, 6.45) is 1.06. The molecule has 0 aromatic heterocycles. The van der Waals surface area contributed by atoms with Gasteiger partial charge in [-0.3, -0.25) is 13.9 Å². The Hall–Kier alpha value is -3.07. The number of carbonyl (C=O) groups is 2. The fourth-order valence-corrected chi connectivity index (χ4v) is 6.25. The zero-order chi connectivity index (χ0) is 31.0. The van der Waals surface area contributed by atoms with E-state index in [1.807, 2.05) is 32.9 Å². The van der Waals surface area contributed by atoms with Gasteiger partial charge in [-0.15, -0.1) is 0 Å². The van der Waals surface area contributed by atoms with Crippen LogP contribution in [0.1, 0.15) is 63.1 Å². The quantitative estimate of drug-likeness (QED) is 0.221. The lowest BCUT2D eigenvalue weighted by atomic mass is 10.0. The molecule has 1 unspecified atom stereocenters. The molecule has 42 heavy (non-hydrogen) atoms. The van der Waals surface area contributed by atoms with E-state index in [0.717, 1.165) is 21.9 Å². The van der Waals surface area contributed by atoms with E-state index in [9.17, 15) is 18.0 Å². The van der Waals surface area contributed by atoms with E-state index in [1.54, 1.807) is 42.5 Å². The number of benzene rings is 3. The van der Waals surface area contributed by atoms with Gasteiger partial charge >= 0.3 is 0 Å². The summed E-state index contributed by atoms with van der Waals surface area (Å²) < 4.78 is 29.2. The summed E-state index contributed by atoms with van der Waals surface area (Å²) in [7, 11) is -4.14. The van der Waals surface area contributed by atoms with Gasteiger partial charge in [0.25, 0.3) is 10.0 Å². The molecule has 3 aromatic carbocycles. The molecule has 3 aromatic rings. The largest absolute Gasteiger partial charge is 0.354 e. The average molecular weight is 633 g/mol. The summed E-state index contributed by atoms with van der Waals surface area (Å²) in [5, 5.41) is 3.56. The van der Waals surface area contributed by atoms with Crippen LogP contribution in [0.3, 0.4) is 0 Å². The SMILES string of the molecule is CCCNC(=O)C(CC)N(Cc1ccc(Cl)c(Cl)c1)C(=O)CN(c1ccc(C(C)C)cc1)S(=O)(=O)c1ccc(C)cc1. The number of halogens is 2. The maximum Gasteiger partial charge on any atom is 0.264 e. The molecule has 3 rings (SSSR count). The highest BCUT2D eigenvalue weighted by molar-refractivity contribution is 7.92. The number of aryl methyl sites for hydroxylation is 1. The third-order valence-corrected chi connectivity index (χ3v) is 9.53. The van der Waals surface area contributed by atoms with Crippen LogP contribution in [-0.2, 0) is 26.2 Å². The van der Waals surface area contributed by atoms with Crippen LogP contribution in [0.5, 0.6) is 0 Å². The molecule has 0 radical (unpaired) electrons. The van der Waals surface area contributed by atoms with Gasteiger partial charge in [-0.25, -0.2) is 8.42 Å². The van der Waals surface area contributed by atoms with Crippen molar-refractivity contribution < 1.29 is 18.0 Å². The van der Waals surface area contributed by atoms with Crippen LogP contribution in [-0.4, -0.2) is 44.3 Å². The zero-order valence-corrected chi connectivity index (χ0v) is 27.1. The number of amides is 2. The van der Waals surface area contributed by atoms with Gasteiger partial charge in [0.05, 0.1) is 20.6 Å². The number of carbonyl (C=O) groups excluding carboxylic acids is 2. The van der Waals surface area contributed by atoms with Gasteiger partial charge in [0.15, 0.2) is 0 Å². The minimum Gasteiger partial charge on any atom is -0.354 e. The highest BCUT2D eigenvalue weighted by Gasteiger charge is 2.33. The van der Waals surface area contributed by atoms with Crippen LogP contribution in [0.15, 0.2) is 71.6 Å². The van der Waals surface area contributed by atoms with E-state index < -0.39 is 28.5 Å². The van der Waals surface area contributed by atoms with Crippen molar-refractivity contribution in [2.24, 2.45) is 0 Å². The summed E-state index contributed by atoms with van der Waals surface area (Å²) >= 11 is 12.4. The number of nitrogens with one attached hydrogen (secondary N) is 1. The Morgan fingerprint density at radius 1 is 0.905 bits per heavy atom. The fraction of sp³-hybridized carbons (Fsp3) is 0.375. The minimum absolute atomic E-state index is 0.0402. The fourth-order valence-electron chi connectivity index (χ4n) is 4.51. The standard InChI is InChI=1S/C32H39Cl2N3O4S/c1-6-18-35-32(39)30(7-2)36(20-24-10-17-28(33)29(34)19-24)31(38)21-37(26-13-11-25(12-14-26)22(3)4)42(40,41)27-15-8-23(5)9-16-27/h8-17,19,22,30H,6-7,18,20-21H2,1-5H3,(H,35,39). The van der Waals surface area contributed by atoms with Crippen LogP contribution in [0.4, 0.5) is 5.69 Å². The van der Waals surface area contributed by atoms with Crippen molar-refractivity contribution >= 4 is 50.7 Å². The van der Waals surface area contributed by atoms with Crippen molar-refractivity contribution in [3.05, 3.63) is 93.5 Å². The lowest BCUT2D eigenvalue weighted by molar-refractivity contribution is -0.140. The lowest BCUT2D eigenvalue weighted by Crippen LogP contribution is -2.52. The molecular formula is C32H39Cl2N3O4S. The third kappa shape index (κ3) is 8.27. The first-order valence-corrected chi connectivity index (χ1v) is 16.3. The normalized spacial score (nSPS) is 12.2. The number of nitrogens with zero attached hydrogens (tertiary/aromatic N) is 2. The molecule has 0 aliphatic rings. The Labute approximate surface area is 259 Å². The molecule has 0 fully saturated rings. The van der Waals surface area contributed by atoms with Crippen LogP contribution in [0, 0.1) is 6.92 Å². The van der Waals surface area contributed by atoms with E-state index >= 15 is 0 Å². The predicted molar refractivity (Wildman–Crippen MR) is 171 cm³/mol. The van der Waals surface area contributed by atoms with Gasteiger partial charge in [-0.05, 0) is 73.2 Å². The van der Waals surface area contributed by atoms with Gasteiger partial charge in [0.1, 0.15) is 12.6 Å². The first kappa shape index (κ1) is 33.4. The van der Waals surface area contributed by atoms with Crippen molar-refractivity contribution in [2.75, 3.05) is 17.4 Å². The number of rotatable bonds is 13. The summed E-state index contributed by atoms with van der Waals surface area (Å²) in [4.78, 5) is 28.9. The molecule has 0 bridgehead atoms. The minimum atomic E-state index is -4.14. The molecule has 10 heteroatoms. The van der Waals surface area contributed by atoms with E-state index in [4.69, 9.17) is 23.2 Å². The molecule has 0 heterocycles. The summed E-state index contributed by atoms with van der Waals surface area (Å²) in [5.74, 6) is -0.582. The molecule has 0 aliphatic carbocycles. The second-order valence-corrected chi connectivity index (χ2v) is 13.2. The van der Waals surface area contributed by atoms with Crippen LogP contribution in [0.25, 0.3) is 0 Å². The summed E-state index contributed by atoms with van der Waals surface area (Å²) in [5.41, 5.74) is 2.97. The Morgan fingerprint density at radius 2 is 1.55 bits per heavy atom. The van der Waals surface area contributed by atoms with Gasteiger partial charge in [0, 0.05) is 13.1 Å². The van der Waals surface area contributed by atoms with Gasteiger partial charge in [0.2, 0.25) is 11.8 Å². The van der Waals surface area contributed by atoms with E-state index in [0.29, 0.717) is 34.3 Å². The monoisotopic (exact) mass is 631 g/mol. The molecule has 226 valence electrons. The molecule has 0 aliphatic heterocycles. The van der Waals surface area contributed by atoms with E-state index in [2.05, 4.69) is 19.2 Å². The first-order chi connectivity index (χ1) is 19.9. The molecule has 1 N–H and O–H groups in total. The van der Waals surface area contributed by atoms with Crippen molar-refractivity contribution in [2.45, 2.75) is 70.9 Å². The Morgan fingerprint density at radius 3 is 2.10 bits per heavy atom. The molecule has 0 spiro atoms. The third-order valence-electron chi connectivity index (χ3n) is 7.01. The summed E-state index contributed by atoms with van der Waals surface area (Å²) in [6, 6.07) is 17.8. The Bertz CT molecular complexity index is 1480. The lowest BCUT2D eigenvalue weighted by Gasteiger charge is -2.33. The number of hydrogen-bond acceptors (Lipinski definition) is 4. The van der Waals surface area contributed by atoms with Gasteiger partial charge in [-0.2, -0.15) is 0 Å². The number of hydrogen-bond donors (Lipinski definition) is 1. The molecular weight excluding hydrogens is 593 g/mol. The van der Waals surface area contributed by atoms with Crippen molar-refractivity contribution in [1.29, 1.82) is 0 Å². The topological polar surface area (TPSA) is 86.8 Å².